The average Bonchev–Trinajstić information content (AvgIpc) is 2.17. The quantitative estimate of drug-likeness (QED) is 0.700. The maximum absolute atomic E-state index is 3.47. The van der Waals surface area contributed by atoms with E-state index in [4.69, 9.17) is 0 Å². The highest BCUT2D eigenvalue weighted by Gasteiger charge is 2.12. The lowest BCUT2D eigenvalue weighted by Crippen LogP contribution is -2.32. The fourth-order valence-electron chi connectivity index (χ4n) is 2.07. The predicted octanol–water partition coefficient (Wildman–Crippen LogP) is 1.72. The summed E-state index contributed by atoms with van der Waals surface area (Å²) in [5.41, 5.74) is 0. The molecule has 0 radical (unpaired) electrons. The minimum absolute atomic E-state index is 0.938. The van der Waals surface area contributed by atoms with Crippen molar-refractivity contribution in [2.24, 2.45) is 5.92 Å². The van der Waals surface area contributed by atoms with Crippen LogP contribution in [0.25, 0.3) is 0 Å². The van der Waals surface area contributed by atoms with Crippen LogP contribution < -0.4 is 5.32 Å². The van der Waals surface area contributed by atoms with Crippen LogP contribution in [0, 0.1) is 5.92 Å². The SMILES string of the molecule is CCCN(C)CC[C@@H]1CCCNC1. The van der Waals surface area contributed by atoms with Gasteiger partial charge in [0, 0.05) is 0 Å². The van der Waals surface area contributed by atoms with Crippen LogP contribution in [0.5, 0.6) is 0 Å². The van der Waals surface area contributed by atoms with Gasteiger partial charge in [0.05, 0.1) is 0 Å². The van der Waals surface area contributed by atoms with Gasteiger partial charge in [-0.05, 0) is 64.8 Å². The summed E-state index contributed by atoms with van der Waals surface area (Å²) in [5, 5.41) is 3.47. The number of nitrogens with zero attached hydrogens (tertiary/aromatic N) is 1. The van der Waals surface area contributed by atoms with E-state index in [0.29, 0.717) is 0 Å². The second-order valence-electron chi connectivity index (χ2n) is 4.30. The largest absolute Gasteiger partial charge is 0.316 e. The molecule has 1 aliphatic heterocycles. The first kappa shape index (κ1) is 11.0. The van der Waals surface area contributed by atoms with E-state index in [0.717, 1.165) is 5.92 Å². The van der Waals surface area contributed by atoms with Crippen LogP contribution in [0.1, 0.15) is 32.6 Å². The Labute approximate surface area is 82.7 Å². The van der Waals surface area contributed by atoms with Crippen molar-refractivity contribution in [3.8, 4) is 0 Å². The maximum atomic E-state index is 3.47. The minimum Gasteiger partial charge on any atom is -0.316 e. The molecule has 0 saturated carbocycles. The van der Waals surface area contributed by atoms with E-state index in [1.807, 2.05) is 0 Å². The van der Waals surface area contributed by atoms with Gasteiger partial charge in [-0.2, -0.15) is 0 Å². The molecule has 1 atom stereocenters. The predicted molar refractivity (Wildman–Crippen MR) is 58.0 cm³/mol. The molecule has 13 heavy (non-hydrogen) atoms. The van der Waals surface area contributed by atoms with Crippen molar-refractivity contribution in [3.63, 3.8) is 0 Å². The zero-order valence-electron chi connectivity index (χ0n) is 9.18. The van der Waals surface area contributed by atoms with E-state index >= 15 is 0 Å². The number of nitrogens with one attached hydrogen (secondary N) is 1. The van der Waals surface area contributed by atoms with Crippen LogP contribution >= 0.6 is 0 Å². The van der Waals surface area contributed by atoms with Crippen molar-refractivity contribution in [1.29, 1.82) is 0 Å². The molecule has 1 fully saturated rings. The third kappa shape index (κ3) is 4.63. The Kier molecular flexibility index (Phi) is 5.40. The summed E-state index contributed by atoms with van der Waals surface area (Å²) in [5.74, 6) is 0.938. The monoisotopic (exact) mass is 184 g/mol. The van der Waals surface area contributed by atoms with Crippen molar-refractivity contribution in [2.75, 3.05) is 33.2 Å². The normalized spacial score (nSPS) is 23.8. The van der Waals surface area contributed by atoms with Gasteiger partial charge in [-0.15, -0.1) is 0 Å². The second-order valence-corrected chi connectivity index (χ2v) is 4.30. The van der Waals surface area contributed by atoms with Crippen molar-refractivity contribution in [3.05, 3.63) is 0 Å². The van der Waals surface area contributed by atoms with Gasteiger partial charge < -0.3 is 10.2 Å². The summed E-state index contributed by atoms with van der Waals surface area (Å²) in [7, 11) is 2.24. The first-order valence-corrected chi connectivity index (χ1v) is 5.72. The molecular formula is C11H24N2. The summed E-state index contributed by atoms with van der Waals surface area (Å²) >= 11 is 0. The molecule has 0 spiro atoms. The molecule has 1 saturated heterocycles. The lowest BCUT2D eigenvalue weighted by Gasteiger charge is -2.25. The van der Waals surface area contributed by atoms with Crippen LogP contribution in [0.3, 0.4) is 0 Å². The van der Waals surface area contributed by atoms with Crippen LogP contribution in [0.4, 0.5) is 0 Å². The molecule has 1 heterocycles. The van der Waals surface area contributed by atoms with Crippen molar-refractivity contribution in [1.82, 2.24) is 10.2 Å². The van der Waals surface area contributed by atoms with E-state index in [2.05, 4.69) is 24.2 Å². The standard InChI is InChI=1S/C11H24N2/c1-3-8-13(2)9-6-11-5-4-7-12-10-11/h11-12H,3-10H2,1-2H3/t11-/m0/s1. The molecule has 0 amide bonds. The summed E-state index contributed by atoms with van der Waals surface area (Å²) in [6, 6.07) is 0. The number of piperidine rings is 1. The molecule has 0 unspecified atom stereocenters. The molecule has 2 nitrogen and oxygen atoms in total. The Morgan fingerprint density at radius 2 is 2.23 bits per heavy atom. The van der Waals surface area contributed by atoms with Crippen LogP contribution in [-0.4, -0.2) is 38.1 Å². The van der Waals surface area contributed by atoms with Crippen molar-refractivity contribution < 1.29 is 0 Å². The Hall–Kier alpha value is -0.0800. The smallest absolute Gasteiger partial charge is 0.00187 e. The fourth-order valence-corrected chi connectivity index (χ4v) is 2.07. The molecule has 1 aliphatic rings. The van der Waals surface area contributed by atoms with Gasteiger partial charge in [-0.1, -0.05) is 6.92 Å². The molecule has 78 valence electrons. The Morgan fingerprint density at radius 3 is 2.85 bits per heavy atom. The molecule has 0 aromatic carbocycles. The number of hydrogen-bond acceptors (Lipinski definition) is 2. The maximum Gasteiger partial charge on any atom is -0.00187 e. The molecule has 1 N–H and O–H groups in total. The molecular weight excluding hydrogens is 160 g/mol. The lowest BCUT2D eigenvalue weighted by molar-refractivity contribution is 0.274. The highest BCUT2D eigenvalue weighted by atomic mass is 15.1. The molecule has 0 aliphatic carbocycles. The fraction of sp³-hybridized carbons (Fsp3) is 1.00. The van der Waals surface area contributed by atoms with Crippen molar-refractivity contribution in [2.45, 2.75) is 32.6 Å². The van der Waals surface area contributed by atoms with E-state index in [9.17, 15) is 0 Å². The van der Waals surface area contributed by atoms with Crippen LogP contribution in [-0.2, 0) is 0 Å². The molecule has 0 bridgehead atoms. The van der Waals surface area contributed by atoms with E-state index in [1.54, 1.807) is 0 Å². The molecule has 1 rings (SSSR count). The summed E-state index contributed by atoms with van der Waals surface area (Å²) in [6.45, 7) is 7.26. The highest BCUT2D eigenvalue weighted by molar-refractivity contribution is 4.69. The van der Waals surface area contributed by atoms with Gasteiger partial charge in [0.25, 0.3) is 0 Å². The Morgan fingerprint density at radius 1 is 1.38 bits per heavy atom. The zero-order chi connectivity index (χ0) is 9.52. The molecule has 2 heteroatoms. The van der Waals surface area contributed by atoms with Gasteiger partial charge in [-0.3, -0.25) is 0 Å². The summed E-state index contributed by atoms with van der Waals surface area (Å²) in [4.78, 5) is 2.45. The highest BCUT2D eigenvalue weighted by Crippen LogP contribution is 2.13. The zero-order valence-corrected chi connectivity index (χ0v) is 9.18. The van der Waals surface area contributed by atoms with Gasteiger partial charge >= 0.3 is 0 Å². The molecule has 0 aromatic heterocycles. The first-order valence-electron chi connectivity index (χ1n) is 5.72. The summed E-state index contributed by atoms with van der Waals surface area (Å²) < 4.78 is 0. The lowest BCUT2D eigenvalue weighted by atomic mass is 9.96. The third-order valence-corrected chi connectivity index (χ3v) is 2.92. The number of hydrogen-bond donors (Lipinski definition) is 1. The Bertz CT molecular complexity index is 119. The topological polar surface area (TPSA) is 15.3 Å². The third-order valence-electron chi connectivity index (χ3n) is 2.92. The van der Waals surface area contributed by atoms with Gasteiger partial charge in [-0.25, -0.2) is 0 Å². The van der Waals surface area contributed by atoms with Gasteiger partial charge in [0.2, 0.25) is 0 Å². The second kappa shape index (κ2) is 6.39. The number of rotatable bonds is 5. The van der Waals surface area contributed by atoms with Crippen LogP contribution in [0.15, 0.2) is 0 Å². The van der Waals surface area contributed by atoms with Gasteiger partial charge in [0.15, 0.2) is 0 Å². The summed E-state index contributed by atoms with van der Waals surface area (Å²) in [6.07, 6.45) is 5.47. The van der Waals surface area contributed by atoms with E-state index < -0.39 is 0 Å². The van der Waals surface area contributed by atoms with Gasteiger partial charge in [0.1, 0.15) is 0 Å². The molecule has 0 aromatic rings. The van der Waals surface area contributed by atoms with Crippen LogP contribution in [0.2, 0.25) is 0 Å². The van der Waals surface area contributed by atoms with E-state index in [-0.39, 0.29) is 0 Å². The minimum atomic E-state index is 0.938. The van der Waals surface area contributed by atoms with Crippen molar-refractivity contribution >= 4 is 0 Å². The average molecular weight is 184 g/mol. The first-order chi connectivity index (χ1) is 6.33. The Balaban J connectivity index is 2.03. The van der Waals surface area contributed by atoms with E-state index in [1.165, 1.54) is 51.9 Å².